The monoisotopic (exact) mass is 1380 g/mol. The van der Waals surface area contributed by atoms with Crippen LogP contribution >= 0.6 is 0 Å². The molecular weight excluding hydrogens is 1320 g/mol. The zero-order chi connectivity index (χ0) is 70.7. The smallest absolute Gasteiger partial charge is 0.136 e. The van der Waals surface area contributed by atoms with E-state index in [2.05, 4.69) is 313 Å². The maximum atomic E-state index is 6.45. The molecule has 5 aliphatic rings. The molecule has 4 atom stereocenters. The highest BCUT2D eigenvalue weighted by molar-refractivity contribution is 6.12. The van der Waals surface area contributed by atoms with Gasteiger partial charge in [-0.2, -0.15) is 0 Å². The van der Waals surface area contributed by atoms with Gasteiger partial charge in [-0.1, -0.05) is 212 Å². The van der Waals surface area contributed by atoms with Gasteiger partial charge in [0.2, 0.25) is 0 Å². The van der Waals surface area contributed by atoms with Crippen LogP contribution in [0.25, 0.3) is 161 Å². The summed E-state index contributed by atoms with van der Waals surface area (Å²) < 4.78 is 21.7. The number of rotatable bonds is 9. The molecule has 4 unspecified atom stereocenters. The molecule has 13 aromatic carbocycles. The largest absolute Gasteiger partial charge is 0.456 e. The summed E-state index contributed by atoms with van der Waals surface area (Å²) in [7, 11) is 0. The van der Waals surface area contributed by atoms with Crippen LogP contribution in [0, 0.1) is 0 Å². The Morgan fingerprint density at radius 1 is 0.380 bits per heavy atom. The fourth-order valence-corrected chi connectivity index (χ4v) is 18.6. The van der Waals surface area contributed by atoms with Crippen molar-refractivity contribution in [2.24, 2.45) is 0 Å². The van der Waals surface area contributed by atoms with E-state index in [1.54, 1.807) is 0 Å². The SMILES string of the molecule is C1=CCC2C(=C1)N(c1ccc(-c3cc(C4C=c5ccc(-n6c7ccccc7c7ccc(-c8ccc9c(c8)oc8ccccc89)cc76)cc5=CC4)nc(C4C=CC(C5CCc6ccccc6-c6ccc(-c7ccc8c(c7)oc7ccccc78)cc65)=CC4)n3)cc1)c1cc(-c3ccc4c(c3)oc3ccccc34)ccc12. The maximum absolute atomic E-state index is 6.45. The number of anilines is 2. The molecule has 0 bridgehead atoms. The average Bonchev–Trinajstić information content (AvgIpc) is 1.58. The molecule has 6 heterocycles. The molecule has 23 rings (SSSR count). The van der Waals surface area contributed by atoms with Crippen LogP contribution in [0.3, 0.4) is 0 Å². The number of hydrogen-bond donors (Lipinski definition) is 0. The van der Waals surface area contributed by atoms with Crippen molar-refractivity contribution in [2.45, 2.75) is 55.8 Å². The van der Waals surface area contributed by atoms with Crippen LogP contribution in [-0.2, 0) is 6.42 Å². The van der Waals surface area contributed by atoms with Crippen LogP contribution in [0.15, 0.2) is 340 Å². The van der Waals surface area contributed by atoms with Crippen molar-refractivity contribution >= 4 is 111 Å². The number of hydrogen-bond acceptors (Lipinski definition) is 6. The summed E-state index contributed by atoms with van der Waals surface area (Å²) in [6.07, 6.45) is 23.5. The average molecular weight is 1390 g/mol. The van der Waals surface area contributed by atoms with Crippen molar-refractivity contribution in [3.05, 3.63) is 365 Å². The Hall–Kier alpha value is -13.4. The van der Waals surface area contributed by atoms with Crippen molar-refractivity contribution in [1.82, 2.24) is 14.5 Å². The predicted molar refractivity (Wildman–Crippen MR) is 443 cm³/mol. The van der Waals surface area contributed by atoms with E-state index in [0.717, 1.165) is 165 Å². The summed E-state index contributed by atoms with van der Waals surface area (Å²) >= 11 is 0. The highest BCUT2D eigenvalue weighted by atomic mass is 16.3. The molecule has 7 heteroatoms. The van der Waals surface area contributed by atoms with Gasteiger partial charge in [-0.15, -0.1) is 0 Å². The van der Waals surface area contributed by atoms with Crippen LogP contribution in [0.4, 0.5) is 11.4 Å². The molecule has 5 aromatic heterocycles. The van der Waals surface area contributed by atoms with E-state index in [0.29, 0.717) is 0 Å². The number of fused-ring (bicyclic) bond motifs is 19. The number of aryl methyl sites for hydroxylation is 1. The highest BCUT2D eigenvalue weighted by Gasteiger charge is 2.36. The lowest BCUT2D eigenvalue weighted by Crippen LogP contribution is -2.29. The number of aromatic nitrogens is 3. The Balaban J connectivity index is 0.604. The van der Waals surface area contributed by atoms with E-state index >= 15 is 0 Å². The third-order valence-electron chi connectivity index (χ3n) is 24.0. The van der Waals surface area contributed by atoms with E-state index in [1.165, 1.54) is 77.1 Å². The molecule has 0 spiro atoms. The molecule has 510 valence electrons. The molecular formula is C101H68N4O3. The lowest BCUT2D eigenvalue weighted by atomic mass is 9.80. The van der Waals surface area contributed by atoms with Gasteiger partial charge in [-0.05, 0) is 225 Å². The number of para-hydroxylation sites is 4. The van der Waals surface area contributed by atoms with E-state index < -0.39 is 0 Å². The van der Waals surface area contributed by atoms with Crippen molar-refractivity contribution in [3.8, 4) is 61.5 Å². The summed E-state index contributed by atoms with van der Waals surface area (Å²) in [6, 6.07) is 102. The minimum absolute atomic E-state index is 0.0126. The van der Waals surface area contributed by atoms with Gasteiger partial charge in [0, 0.05) is 89.4 Å². The summed E-state index contributed by atoms with van der Waals surface area (Å²) in [5, 5.41) is 11.7. The fraction of sp³-hybridized carbons (Fsp3) is 0.0891. The van der Waals surface area contributed by atoms with Gasteiger partial charge >= 0.3 is 0 Å². The predicted octanol–water partition coefficient (Wildman–Crippen LogP) is 25.1. The minimum Gasteiger partial charge on any atom is -0.456 e. The van der Waals surface area contributed by atoms with Crippen LogP contribution in [0.5, 0.6) is 0 Å². The summed E-state index contributed by atoms with van der Waals surface area (Å²) in [4.78, 5) is 13.8. The number of allylic oxidation sites excluding steroid dienone is 8. The molecule has 0 N–H and O–H groups in total. The van der Waals surface area contributed by atoms with Crippen molar-refractivity contribution in [3.63, 3.8) is 0 Å². The topological polar surface area (TPSA) is 73.4 Å². The van der Waals surface area contributed by atoms with Crippen LogP contribution in [0.2, 0.25) is 0 Å². The minimum atomic E-state index is -0.0376. The highest BCUT2D eigenvalue weighted by Crippen LogP contribution is 2.53. The Morgan fingerprint density at radius 3 is 1.66 bits per heavy atom. The third-order valence-corrected chi connectivity index (χ3v) is 24.0. The van der Waals surface area contributed by atoms with Crippen molar-refractivity contribution in [1.29, 1.82) is 0 Å². The lowest BCUT2D eigenvalue weighted by Gasteiger charge is -2.25. The molecule has 108 heavy (non-hydrogen) atoms. The Labute approximate surface area is 622 Å². The molecule has 7 nitrogen and oxygen atoms in total. The van der Waals surface area contributed by atoms with E-state index in [4.69, 9.17) is 23.2 Å². The summed E-state index contributed by atoms with van der Waals surface area (Å²) in [5.74, 6) is 1.26. The van der Waals surface area contributed by atoms with Crippen molar-refractivity contribution < 1.29 is 13.3 Å². The quantitative estimate of drug-likeness (QED) is 0.143. The van der Waals surface area contributed by atoms with Gasteiger partial charge in [0.15, 0.2) is 0 Å². The second kappa shape index (κ2) is 24.1. The molecule has 0 radical (unpaired) electrons. The molecule has 0 fully saturated rings. The molecule has 18 aromatic rings. The first kappa shape index (κ1) is 61.0. The number of furan rings is 3. The van der Waals surface area contributed by atoms with Crippen LogP contribution < -0.4 is 15.3 Å². The number of nitrogens with zero attached hydrogens (tertiary/aromatic N) is 4. The van der Waals surface area contributed by atoms with Gasteiger partial charge in [0.05, 0.1) is 28.1 Å². The first-order chi connectivity index (χ1) is 53.4. The summed E-state index contributed by atoms with van der Waals surface area (Å²) in [5.41, 5.74) is 30.5. The second-order valence-corrected chi connectivity index (χ2v) is 30.0. The van der Waals surface area contributed by atoms with Gasteiger partial charge in [0.25, 0.3) is 0 Å². The fourth-order valence-electron chi connectivity index (χ4n) is 18.6. The Morgan fingerprint density at radius 2 is 0.954 bits per heavy atom. The van der Waals surface area contributed by atoms with E-state index in [1.807, 2.05) is 24.3 Å². The molecule has 1 aliphatic heterocycles. The maximum Gasteiger partial charge on any atom is 0.136 e. The molecule has 0 saturated heterocycles. The second-order valence-electron chi connectivity index (χ2n) is 30.0. The molecule has 4 aliphatic carbocycles. The van der Waals surface area contributed by atoms with E-state index in [9.17, 15) is 0 Å². The van der Waals surface area contributed by atoms with Gasteiger partial charge in [-0.25, -0.2) is 9.97 Å². The van der Waals surface area contributed by atoms with Gasteiger partial charge in [-0.3, -0.25) is 0 Å². The normalized spacial score (nSPS) is 17.2. The number of benzene rings is 13. The zero-order valence-electron chi connectivity index (χ0n) is 59.0. The van der Waals surface area contributed by atoms with E-state index in [-0.39, 0.29) is 23.7 Å². The molecule has 0 amide bonds. The Bertz CT molecular complexity index is 7150. The first-order valence-electron chi connectivity index (χ1n) is 38.0. The third kappa shape index (κ3) is 9.81. The van der Waals surface area contributed by atoms with Crippen molar-refractivity contribution in [2.75, 3.05) is 4.90 Å². The summed E-state index contributed by atoms with van der Waals surface area (Å²) in [6.45, 7) is 0. The van der Waals surface area contributed by atoms with Gasteiger partial charge < -0.3 is 22.7 Å². The molecule has 0 saturated carbocycles. The lowest BCUT2D eigenvalue weighted by molar-refractivity contribution is 0.668. The standard InChI is InChI=1S/C101H68N4O3/c1-2-14-75-60(13-1)34-44-76(88-53-66(35-45-77(75)88)69-38-48-85-82-17-5-10-22-95(82)106-98(85)56-69)61-25-27-63(28-26-61)101-102-89(62-31-41-73(42-32-62)104-91-20-8-3-15-78(91)80-46-36-67(54-93(80)104)70-39-49-86-83-18-6-11-23-96(83)107-99(86)57-70)59-90(103-101)72-30-29-65-52-74(43-33-64(65)51-72)105-92-21-9-4-16-79(92)81-47-37-68(55-94(81)105)71-40-50-87-84-19-7-12-24-97(84)108-100(87)58-71/h1-14,16-27,29,31-33,35-43,45-59,63,72,76,78H,15,28,30,34,44H2. The van der Waals surface area contributed by atoms with Crippen LogP contribution in [0.1, 0.15) is 77.6 Å². The first-order valence-corrected chi connectivity index (χ1v) is 38.0. The van der Waals surface area contributed by atoms with Crippen LogP contribution in [-0.4, -0.2) is 14.5 Å². The Kier molecular flexibility index (Phi) is 13.6. The van der Waals surface area contributed by atoms with Gasteiger partial charge in [0.1, 0.15) is 39.3 Å². The zero-order valence-corrected chi connectivity index (χ0v) is 59.0.